The summed E-state index contributed by atoms with van der Waals surface area (Å²) in [6, 6.07) is 14.2. The van der Waals surface area contributed by atoms with E-state index in [1.165, 1.54) is 17.1 Å². The topological polar surface area (TPSA) is 62.0 Å². The first kappa shape index (κ1) is 12.9. The molecule has 0 saturated carbocycles. The molecule has 0 unspecified atom stereocenters. The van der Waals surface area contributed by atoms with Crippen LogP contribution in [0.3, 0.4) is 0 Å². The van der Waals surface area contributed by atoms with Gasteiger partial charge in [-0.2, -0.15) is 5.10 Å². The fraction of sp³-hybridized carbons (Fsp3) is 0.133. The minimum atomic E-state index is -0.837. The van der Waals surface area contributed by atoms with E-state index in [-0.39, 0.29) is 5.75 Å². The average molecular weight is 284 g/mol. The third kappa shape index (κ3) is 2.58. The van der Waals surface area contributed by atoms with Crippen molar-refractivity contribution < 1.29 is 9.90 Å². The maximum absolute atomic E-state index is 10.6. The van der Waals surface area contributed by atoms with E-state index in [0.717, 1.165) is 21.7 Å². The molecule has 2 aromatic rings. The number of fused-ring (bicyclic) bond motifs is 1. The highest BCUT2D eigenvalue weighted by molar-refractivity contribution is 8.14. The normalized spacial score (nSPS) is 14.2. The highest BCUT2D eigenvalue weighted by Gasteiger charge is 2.17. The summed E-state index contributed by atoms with van der Waals surface area (Å²) in [5.74, 6) is -0.812. The molecule has 0 radical (unpaired) electrons. The van der Waals surface area contributed by atoms with E-state index in [9.17, 15) is 4.79 Å². The third-order valence-corrected chi connectivity index (χ3v) is 4.01. The number of carbonyl (C=O) groups is 1. The van der Waals surface area contributed by atoms with Gasteiger partial charge in [-0.05, 0) is 10.8 Å². The third-order valence-electron chi connectivity index (χ3n) is 3.06. The fourth-order valence-electron chi connectivity index (χ4n) is 2.18. The molecule has 0 amide bonds. The number of thioether (sulfide) groups is 1. The van der Waals surface area contributed by atoms with Gasteiger partial charge in [-0.1, -0.05) is 54.2 Å². The van der Waals surface area contributed by atoms with Gasteiger partial charge in [0.1, 0.15) is 5.04 Å². The van der Waals surface area contributed by atoms with E-state index < -0.39 is 5.97 Å². The molecule has 5 heteroatoms. The van der Waals surface area contributed by atoms with Gasteiger partial charge >= 0.3 is 5.97 Å². The smallest absolute Gasteiger partial charge is 0.313 e. The van der Waals surface area contributed by atoms with Crippen LogP contribution in [0.2, 0.25) is 0 Å². The highest BCUT2D eigenvalue weighted by Crippen LogP contribution is 2.24. The predicted octanol–water partition coefficient (Wildman–Crippen LogP) is 3.16. The second-order valence-electron chi connectivity index (χ2n) is 4.43. The summed E-state index contributed by atoms with van der Waals surface area (Å²) in [6.07, 6.45) is 0.603. The fourth-order valence-corrected chi connectivity index (χ4v) is 2.81. The zero-order valence-corrected chi connectivity index (χ0v) is 11.4. The Labute approximate surface area is 120 Å². The van der Waals surface area contributed by atoms with Crippen LogP contribution >= 0.6 is 11.8 Å². The summed E-state index contributed by atoms with van der Waals surface area (Å²) in [5, 5.41) is 20.0. The zero-order chi connectivity index (χ0) is 13.9. The minimum Gasteiger partial charge on any atom is -0.481 e. The monoisotopic (exact) mass is 284 g/mol. The van der Waals surface area contributed by atoms with Crippen molar-refractivity contribution in [3.63, 3.8) is 0 Å². The van der Waals surface area contributed by atoms with Crippen LogP contribution in [0.4, 0.5) is 0 Å². The Morgan fingerprint density at radius 3 is 2.80 bits per heavy atom. The minimum absolute atomic E-state index is 0.0250. The van der Waals surface area contributed by atoms with Gasteiger partial charge in [0.05, 0.1) is 11.5 Å². The molecular formula is C15H12N2O2S. The van der Waals surface area contributed by atoms with E-state index in [0.29, 0.717) is 6.42 Å². The van der Waals surface area contributed by atoms with Crippen molar-refractivity contribution in [3.8, 4) is 0 Å². The lowest BCUT2D eigenvalue weighted by Crippen LogP contribution is -2.05. The van der Waals surface area contributed by atoms with Gasteiger partial charge in [-0.15, -0.1) is 5.10 Å². The maximum atomic E-state index is 10.6. The molecule has 1 N–H and O–H groups in total. The van der Waals surface area contributed by atoms with E-state index in [2.05, 4.69) is 28.4 Å². The van der Waals surface area contributed by atoms with Gasteiger partial charge in [0, 0.05) is 12.0 Å². The van der Waals surface area contributed by atoms with Crippen molar-refractivity contribution in [1.82, 2.24) is 0 Å². The van der Waals surface area contributed by atoms with Crippen LogP contribution < -0.4 is 0 Å². The molecule has 0 aliphatic carbocycles. The molecule has 1 aliphatic rings. The molecular weight excluding hydrogens is 272 g/mol. The summed E-state index contributed by atoms with van der Waals surface area (Å²) in [5.41, 5.74) is 1.97. The molecule has 1 heterocycles. The number of aliphatic carboxylic acids is 1. The number of carboxylic acid groups (broad SMARTS) is 1. The Morgan fingerprint density at radius 1 is 1.15 bits per heavy atom. The van der Waals surface area contributed by atoms with Gasteiger partial charge in [-0.3, -0.25) is 4.79 Å². The van der Waals surface area contributed by atoms with Crippen LogP contribution in [0.15, 0.2) is 52.7 Å². The predicted molar refractivity (Wildman–Crippen MR) is 82.6 cm³/mol. The summed E-state index contributed by atoms with van der Waals surface area (Å²) in [4.78, 5) is 10.6. The van der Waals surface area contributed by atoms with E-state index in [4.69, 9.17) is 5.11 Å². The molecule has 0 aromatic heterocycles. The highest BCUT2D eigenvalue weighted by atomic mass is 32.2. The van der Waals surface area contributed by atoms with Crippen molar-refractivity contribution in [1.29, 1.82) is 0 Å². The van der Waals surface area contributed by atoms with Crippen LogP contribution in [0.5, 0.6) is 0 Å². The maximum Gasteiger partial charge on any atom is 0.313 e. The van der Waals surface area contributed by atoms with Gasteiger partial charge in [0.25, 0.3) is 0 Å². The first-order valence-electron chi connectivity index (χ1n) is 6.20. The average Bonchev–Trinajstić information content (AvgIpc) is 2.93. The molecule has 4 nitrogen and oxygen atoms in total. The van der Waals surface area contributed by atoms with E-state index in [1.807, 2.05) is 24.3 Å². The molecule has 100 valence electrons. The number of benzene rings is 2. The summed E-state index contributed by atoms with van der Waals surface area (Å²) in [6.45, 7) is 0. The lowest BCUT2D eigenvalue weighted by Gasteiger charge is -2.05. The Hall–Kier alpha value is -2.14. The summed E-state index contributed by atoms with van der Waals surface area (Å²) >= 11 is 1.23. The number of nitrogens with zero attached hydrogens (tertiary/aromatic N) is 2. The van der Waals surface area contributed by atoms with Crippen LogP contribution in [-0.4, -0.2) is 27.6 Å². The Morgan fingerprint density at radius 2 is 1.95 bits per heavy atom. The number of carboxylic acids is 1. The second-order valence-corrected chi connectivity index (χ2v) is 5.47. The van der Waals surface area contributed by atoms with Gasteiger partial charge in [0.15, 0.2) is 0 Å². The van der Waals surface area contributed by atoms with E-state index >= 15 is 0 Å². The number of hydrogen-bond acceptors (Lipinski definition) is 4. The molecule has 3 rings (SSSR count). The van der Waals surface area contributed by atoms with Gasteiger partial charge in [-0.25, -0.2) is 0 Å². The summed E-state index contributed by atoms with van der Waals surface area (Å²) in [7, 11) is 0. The van der Waals surface area contributed by atoms with Crippen molar-refractivity contribution >= 4 is 39.3 Å². The van der Waals surface area contributed by atoms with Crippen LogP contribution in [0.1, 0.15) is 12.0 Å². The Balaban J connectivity index is 1.83. The van der Waals surface area contributed by atoms with Crippen molar-refractivity contribution in [2.45, 2.75) is 6.42 Å². The van der Waals surface area contributed by atoms with Crippen LogP contribution in [0, 0.1) is 0 Å². The van der Waals surface area contributed by atoms with Crippen molar-refractivity contribution in [3.05, 3.63) is 48.0 Å². The SMILES string of the molecule is O=C(O)CSC1=NN=C(c2cccc3ccccc23)C1. The molecule has 0 saturated heterocycles. The molecule has 0 bridgehead atoms. The molecule has 0 fully saturated rings. The Bertz CT molecular complexity index is 732. The molecule has 2 aromatic carbocycles. The lowest BCUT2D eigenvalue weighted by atomic mass is 10.00. The van der Waals surface area contributed by atoms with E-state index in [1.54, 1.807) is 0 Å². The number of rotatable bonds is 3. The first-order valence-corrected chi connectivity index (χ1v) is 7.19. The van der Waals surface area contributed by atoms with Crippen molar-refractivity contribution in [2.75, 3.05) is 5.75 Å². The first-order chi connectivity index (χ1) is 9.74. The van der Waals surface area contributed by atoms with Crippen LogP contribution in [-0.2, 0) is 4.79 Å². The standard InChI is InChI=1S/C15H12N2O2S/c18-15(19)9-20-14-8-13(16-17-14)12-7-3-5-10-4-1-2-6-11(10)12/h1-7H,8-9H2,(H,18,19). The largest absolute Gasteiger partial charge is 0.481 e. The quantitative estimate of drug-likeness (QED) is 0.941. The Kier molecular flexibility index (Phi) is 3.52. The zero-order valence-electron chi connectivity index (χ0n) is 10.6. The summed E-state index contributed by atoms with van der Waals surface area (Å²) < 4.78 is 0. The van der Waals surface area contributed by atoms with Crippen molar-refractivity contribution in [2.24, 2.45) is 10.2 Å². The van der Waals surface area contributed by atoms with Crippen LogP contribution in [0.25, 0.3) is 10.8 Å². The lowest BCUT2D eigenvalue weighted by molar-refractivity contribution is -0.133. The van der Waals surface area contributed by atoms with Gasteiger partial charge in [0.2, 0.25) is 0 Å². The molecule has 1 aliphatic heterocycles. The second kappa shape index (κ2) is 5.46. The number of hydrogen-bond donors (Lipinski definition) is 1. The molecule has 0 spiro atoms. The molecule has 20 heavy (non-hydrogen) atoms. The molecule has 0 atom stereocenters. The van der Waals surface area contributed by atoms with Gasteiger partial charge < -0.3 is 5.11 Å².